The second-order valence-electron chi connectivity index (χ2n) is 5.29. The lowest BCUT2D eigenvalue weighted by Crippen LogP contribution is -2.29. The lowest BCUT2D eigenvalue weighted by molar-refractivity contribution is 0.371. The Balaban J connectivity index is 2.10. The van der Waals surface area contributed by atoms with Gasteiger partial charge in [-0.15, -0.1) is 0 Å². The Morgan fingerprint density at radius 3 is 2.46 bits per heavy atom. The first-order valence-corrected chi connectivity index (χ1v) is 9.03. The molecule has 124 valence electrons. The molecule has 0 aliphatic carbocycles. The van der Waals surface area contributed by atoms with Gasteiger partial charge in [0.2, 0.25) is 0 Å². The third-order valence-electron chi connectivity index (χ3n) is 3.46. The van der Waals surface area contributed by atoms with E-state index in [1.54, 1.807) is 42.5 Å². The Morgan fingerprint density at radius 2 is 1.83 bits per heavy atom. The summed E-state index contributed by atoms with van der Waals surface area (Å²) >= 11 is 5.94. The van der Waals surface area contributed by atoms with Gasteiger partial charge in [0.1, 0.15) is 0 Å². The van der Waals surface area contributed by atoms with Crippen molar-refractivity contribution >= 4 is 30.1 Å². The molecule has 3 rings (SSSR count). The molecule has 2 aromatic carbocycles. The second kappa shape index (κ2) is 6.03. The highest BCUT2D eigenvalue weighted by Crippen LogP contribution is 2.39. The van der Waals surface area contributed by atoms with Gasteiger partial charge in [0.15, 0.2) is 5.82 Å². The zero-order valence-corrected chi connectivity index (χ0v) is 13.9. The Kier molecular flexibility index (Phi) is 4.19. The van der Waals surface area contributed by atoms with Crippen LogP contribution in [0.4, 0.5) is 0 Å². The Labute approximate surface area is 141 Å². The van der Waals surface area contributed by atoms with Crippen LogP contribution in [-0.4, -0.2) is 19.4 Å². The normalized spacial score (nSPS) is 11.8. The van der Waals surface area contributed by atoms with Gasteiger partial charge in [-0.25, -0.2) is 9.66 Å². The van der Waals surface area contributed by atoms with E-state index in [2.05, 4.69) is 4.98 Å². The van der Waals surface area contributed by atoms with Gasteiger partial charge in [-0.2, -0.15) is 0 Å². The summed E-state index contributed by atoms with van der Waals surface area (Å²) in [5.74, 6) is 6.08. The molecule has 0 saturated heterocycles. The highest BCUT2D eigenvalue weighted by Gasteiger charge is 2.15. The van der Waals surface area contributed by atoms with Gasteiger partial charge in [-0.05, 0) is 23.8 Å². The number of aromatic nitrogens is 2. The van der Waals surface area contributed by atoms with Gasteiger partial charge in [0.25, 0.3) is 5.56 Å². The number of fused-ring (bicyclic) bond motifs is 1. The van der Waals surface area contributed by atoms with Crippen LogP contribution >= 0.6 is 19.2 Å². The van der Waals surface area contributed by atoms with E-state index in [-0.39, 0.29) is 12.0 Å². The van der Waals surface area contributed by atoms with Crippen LogP contribution in [0.2, 0.25) is 5.02 Å². The molecule has 0 aliphatic rings. The van der Waals surface area contributed by atoms with Crippen LogP contribution in [0, 0.1) is 0 Å². The van der Waals surface area contributed by atoms with Crippen molar-refractivity contribution in [3.05, 3.63) is 63.4 Å². The van der Waals surface area contributed by atoms with Gasteiger partial charge in [-0.3, -0.25) is 9.36 Å². The Bertz CT molecular complexity index is 1030. The van der Waals surface area contributed by atoms with Crippen LogP contribution in [0.25, 0.3) is 22.3 Å². The molecular weight excluding hydrogens is 353 g/mol. The quantitative estimate of drug-likeness (QED) is 0.483. The smallest absolute Gasteiger partial charge is 0.329 e. The van der Waals surface area contributed by atoms with Crippen LogP contribution < -0.4 is 11.4 Å². The van der Waals surface area contributed by atoms with Gasteiger partial charge in [0, 0.05) is 10.6 Å². The first kappa shape index (κ1) is 16.7. The first-order chi connectivity index (χ1) is 11.2. The molecule has 7 nitrogen and oxygen atoms in total. The number of hydrogen-bond donors (Lipinski definition) is 3. The van der Waals surface area contributed by atoms with Crippen molar-refractivity contribution in [2.45, 2.75) is 6.16 Å². The minimum atomic E-state index is -4.14. The molecule has 0 unspecified atom stereocenters. The molecule has 1 aromatic heterocycles. The largest absolute Gasteiger partial charge is 0.334 e. The maximum Gasteiger partial charge on any atom is 0.329 e. The predicted octanol–water partition coefficient (Wildman–Crippen LogP) is 2.11. The number of nitrogen functional groups attached to an aromatic ring is 1. The third kappa shape index (κ3) is 3.34. The molecule has 1 heterocycles. The van der Waals surface area contributed by atoms with Gasteiger partial charge >= 0.3 is 7.60 Å². The Hall–Kier alpha value is -2.18. The molecular formula is C15H13ClN3O4P. The summed E-state index contributed by atoms with van der Waals surface area (Å²) in [6.45, 7) is 0. The number of nitrogens with two attached hydrogens (primary N) is 1. The molecule has 24 heavy (non-hydrogen) atoms. The lowest BCUT2D eigenvalue weighted by Gasteiger charge is -2.10. The maximum absolute atomic E-state index is 12.3. The molecule has 3 aromatic rings. The SMILES string of the molecule is Nn1c(-c2ccc(CP(=O)(O)O)cc2)nc2cc(Cl)ccc2c1=O. The average Bonchev–Trinajstić information content (AvgIpc) is 2.50. The average molecular weight is 366 g/mol. The Morgan fingerprint density at radius 1 is 1.17 bits per heavy atom. The number of halogens is 1. The van der Waals surface area contributed by atoms with Crippen LogP contribution in [0.15, 0.2) is 47.3 Å². The zero-order chi connectivity index (χ0) is 17.5. The number of hydrogen-bond acceptors (Lipinski definition) is 4. The molecule has 0 radical (unpaired) electrons. The van der Waals surface area contributed by atoms with Crippen molar-refractivity contribution in [1.82, 2.24) is 9.66 Å². The highest BCUT2D eigenvalue weighted by atomic mass is 35.5. The molecule has 0 saturated carbocycles. The number of nitrogens with zero attached hydrogens (tertiary/aromatic N) is 2. The molecule has 0 aliphatic heterocycles. The molecule has 0 fully saturated rings. The van der Waals surface area contributed by atoms with Gasteiger partial charge in [-0.1, -0.05) is 35.9 Å². The van der Waals surface area contributed by atoms with Gasteiger partial charge < -0.3 is 15.6 Å². The monoisotopic (exact) mass is 365 g/mol. The van der Waals surface area contributed by atoms with Crippen molar-refractivity contribution < 1.29 is 14.4 Å². The van der Waals surface area contributed by atoms with Gasteiger partial charge in [0.05, 0.1) is 17.1 Å². The van der Waals surface area contributed by atoms with E-state index in [1.807, 2.05) is 0 Å². The van der Waals surface area contributed by atoms with Crippen molar-refractivity contribution in [3.63, 3.8) is 0 Å². The van der Waals surface area contributed by atoms with E-state index >= 15 is 0 Å². The van der Waals surface area contributed by atoms with Crippen molar-refractivity contribution in [2.75, 3.05) is 5.84 Å². The van der Waals surface area contributed by atoms with Crippen LogP contribution in [0.5, 0.6) is 0 Å². The van der Waals surface area contributed by atoms with E-state index in [1.165, 1.54) is 0 Å². The van der Waals surface area contributed by atoms with E-state index in [4.69, 9.17) is 27.2 Å². The zero-order valence-electron chi connectivity index (χ0n) is 12.3. The van der Waals surface area contributed by atoms with Crippen molar-refractivity contribution in [3.8, 4) is 11.4 Å². The van der Waals surface area contributed by atoms with Crippen molar-refractivity contribution in [1.29, 1.82) is 0 Å². The first-order valence-electron chi connectivity index (χ1n) is 6.86. The molecule has 4 N–H and O–H groups in total. The fraction of sp³-hybridized carbons (Fsp3) is 0.0667. The van der Waals surface area contributed by atoms with E-state index in [0.717, 1.165) is 4.68 Å². The third-order valence-corrected chi connectivity index (χ3v) is 4.48. The minimum absolute atomic E-state index is 0.234. The summed E-state index contributed by atoms with van der Waals surface area (Å²) < 4.78 is 12.0. The number of rotatable bonds is 3. The second-order valence-corrected chi connectivity index (χ2v) is 7.37. The molecule has 0 amide bonds. The standard InChI is InChI=1S/C15H13ClN3O4P/c16-11-5-6-12-13(7-11)18-14(19(17)15(12)20)10-3-1-9(2-4-10)8-24(21,22)23/h1-7H,8,17H2,(H2,21,22,23). The minimum Gasteiger partial charge on any atom is -0.334 e. The van der Waals surface area contributed by atoms with Crippen LogP contribution in [-0.2, 0) is 10.7 Å². The van der Waals surface area contributed by atoms with E-state index in [9.17, 15) is 9.36 Å². The lowest BCUT2D eigenvalue weighted by atomic mass is 10.1. The molecule has 0 atom stereocenters. The number of benzene rings is 2. The van der Waals surface area contributed by atoms with Crippen LogP contribution in [0.1, 0.15) is 5.56 Å². The molecule has 9 heteroatoms. The van der Waals surface area contributed by atoms with E-state index < -0.39 is 13.2 Å². The fourth-order valence-electron chi connectivity index (χ4n) is 2.37. The summed E-state index contributed by atoms with van der Waals surface area (Å²) in [5.41, 5.74) is 1.03. The predicted molar refractivity (Wildman–Crippen MR) is 92.3 cm³/mol. The highest BCUT2D eigenvalue weighted by molar-refractivity contribution is 7.50. The molecule has 0 bridgehead atoms. The van der Waals surface area contributed by atoms with Crippen molar-refractivity contribution in [2.24, 2.45) is 0 Å². The summed E-state index contributed by atoms with van der Waals surface area (Å²) in [6.07, 6.45) is -0.358. The summed E-state index contributed by atoms with van der Waals surface area (Å²) in [5, 5.41) is 0.802. The summed E-state index contributed by atoms with van der Waals surface area (Å²) in [7, 11) is -4.14. The summed E-state index contributed by atoms with van der Waals surface area (Å²) in [4.78, 5) is 34.7. The summed E-state index contributed by atoms with van der Waals surface area (Å²) in [6, 6.07) is 11.0. The molecule has 0 spiro atoms. The van der Waals surface area contributed by atoms with E-state index in [0.29, 0.717) is 27.1 Å². The topological polar surface area (TPSA) is 118 Å². The fourth-order valence-corrected chi connectivity index (χ4v) is 3.23. The van der Waals surface area contributed by atoms with Crippen LogP contribution in [0.3, 0.4) is 0 Å². The maximum atomic E-state index is 12.3.